The summed E-state index contributed by atoms with van der Waals surface area (Å²) >= 11 is 0. The first-order valence-electron chi connectivity index (χ1n) is 34.1. The van der Waals surface area contributed by atoms with Crippen molar-refractivity contribution in [1.82, 2.24) is 0 Å². The molecule has 0 aliphatic rings. The first-order chi connectivity index (χ1) is 41.2. The van der Waals surface area contributed by atoms with Crippen LogP contribution < -0.4 is 0 Å². The van der Waals surface area contributed by atoms with Crippen molar-refractivity contribution in [3.8, 4) is 0 Å². The number of hydrogen-bond donors (Lipinski definition) is 2. The predicted octanol–water partition coefficient (Wildman–Crippen LogP) is 21.2. The summed E-state index contributed by atoms with van der Waals surface area (Å²) in [5, 5.41) is 9.88. The number of ether oxygens (including phenoxy) is 3. The third-order valence-electron chi connectivity index (χ3n) is 14.5. The zero-order valence-electron chi connectivity index (χ0n) is 53.8. The number of aliphatic hydroxyl groups is 1. The number of unbranched alkanes of at least 4 members (excludes halogenated alkanes) is 30. The number of carbonyl (C=O) groups excluding carboxylic acids is 3. The van der Waals surface area contributed by atoms with Gasteiger partial charge in [-0.1, -0.05) is 291 Å². The fourth-order valence-corrected chi connectivity index (χ4v) is 10.1. The molecule has 3 atom stereocenters. The van der Waals surface area contributed by atoms with Crippen LogP contribution in [0, 0.1) is 0 Å². The van der Waals surface area contributed by atoms with Crippen molar-refractivity contribution in [1.29, 1.82) is 0 Å². The molecule has 0 aromatic carbocycles. The lowest BCUT2D eigenvalue weighted by molar-refractivity contribution is -0.161. The smallest absolute Gasteiger partial charge is 0.462 e. The summed E-state index contributed by atoms with van der Waals surface area (Å²) in [6.45, 7) is 4.48. The number of allylic oxidation sites excluding steroid dienone is 16. The number of aliphatic hydroxyl groups excluding tert-OH is 1. The average molecular weight is 1200 g/mol. The molecular weight excluding hydrogens is 1070 g/mol. The molecule has 0 aromatic rings. The molecule has 0 spiro atoms. The van der Waals surface area contributed by atoms with Crippen molar-refractivity contribution in [2.24, 2.45) is 0 Å². The summed E-state index contributed by atoms with van der Waals surface area (Å²) in [5.74, 6) is -1.56. The Labute approximate surface area is 514 Å². The second kappa shape index (κ2) is 65.4. The standard InChI is InChI=1S/C72H125O11P/c1-4-7-10-13-16-19-22-25-28-31-34-37-40-43-46-49-52-55-58-61-70(74)79-65-69(83-72(76)63-60-57-54-51-48-45-42-39-36-33-30-27-24-21-18-15-12-9-6-3)67-81-84(77,78)80-66-68(64-73)82-71(75)62-59-56-53-50-47-44-41-38-35-32-29-26-23-20-17-14-11-8-5-2/h7,10,16,18-19,21,25,27-28,30,34,37,43,46,52,55,68-69,73H,4-6,8-9,11-15,17,20,22-24,26,29,31-33,35-36,38-42,44-45,47-51,53-54,56-67H2,1-3H3,(H,77,78)/b10-7-,19-16-,21-18-,28-25-,30-27-,37-34-,46-43-,55-52-. The molecule has 0 saturated carbocycles. The van der Waals surface area contributed by atoms with E-state index in [1.807, 2.05) is 12.2 Å². The van der Waals surface area contributed by atoms with E-state index in [2.05, 4.69) is 106 Å². The SMILES string of the molecule is CC/C=C\C/C=C\C/C=C\C/C=C\C/C=C\C/C=C\CCC(=O)OCC(COP(=O)(O)OCC(CO)OC(=O)CCCCCCCCCCCCCCCCCCCCC)OC(=O)CCCCCCCCCCC/C=C\C/C=C\CCCCC. The van der Waals surface area contributed by atoms with Gasteiger partial charge in [-0.05, 0) is 89.9 Å². The number of carbonyl (C=O) groups is 3. The minimum Gasteiger partial charge on any atom is -0.462 e. The molecule has 484 valence electrons. The van der Waals surface area contributed by atoms with Crippen LogP contribution in [0.5, 0.6) is 0 Å². The van der Waals surface area contributed by atoms with E-state index in [1.54, 1.807) is 0 Å². The lowest BCUT2D eigenvalue weighted by atomic mass is 10.0. The maximum atomic E-state index is 13.0. The summed E-state index contributed by atoms with van der Waals surface area (Å²) < 4.78 is 39.7. The first kappa shape index (κ1) is 80.4. The van der Waals surface area contributed by atoms with E-state index in [-0.39, 0.29) is 25.9 Å². The Morgan fingerprint density at radius 1 is 0.345 bits per heavy atom. The molecule has 0 rings (SSSR count). The van der Waals surface area contributed by atoms with Gasteiger partial charge < -0.3 is 24.2 Å². The van der Waals surface area contributed by atoms with E-state index in [0.29, 0.717) is 19.3 Å². The van der Waals surface area contributed by atoms with E-state index in [0.717, 1.165) is 89.9 Å². The molecule has 0 aliphatic heterocycles. The first-order valence-corrected chi connectivity index (χ1v) is 35.6. The maximum absolute atomic E-state index is 13.0. The van der Waals surface area contributed by atoms with Gasteiger partial charge in [0.1, 0.15) is 12.7 Å². The van der Waals surface area contributed by atoms with Crippen LogP contribution in [0.4, 0.5) is 0 Å². The van der Waals surface area contributed by atoms with Crippen LogP contribution in [0.3, 0.4) is 0 Å². The lowest BCUT2D eigenvalue weighted by Crippen LogP contribution is -2.30. The van der Waals surface area contributed by atoms with E-state index in [9.17, 15) is 28.9 Å². The third-order valence-corrected chi connectivity index (χ3v) is 15.5. The topological polar surface area (TPSA) is 155 Å². The highest BCUT2D eigenvalue weighted by atomic mass is 31.2. The summed E-state index contributed by atoms with van der Waals surface area (Å²) in [7, 11) is -4.78. The molecule has 0 amide bonds. The largest absolute Gasteiger partial charge is 0.472 e. The molecule has 2 N–H and O–H groups in total. The van der Waals surface area contributed by atoms with Crippen LogP contribution in [0.1, 0.15) is 303 Å². The minimum absolute atomic E-state index is 0.0980. The molecule has 3 unspecified atom stereocenters. The van der Waals surface area contributed by atoms with Crippen LogP contribution in [0.15, 0.2) is 97.2 Å². The van der Waals surface area contributed by atoms with Gasteiger partial charge in [0.05, 0.1) is 19.8 Å². The van der Waals surface area contributed by atoms with Gasteiger partial charge in [0.25, 0.3) is 0 Å². The monoisotopic (exact) mass is 1200 g/mol. The fourth-order valence-electron chi connectivity index (χ4n) is 9.36. The number of rotatable bonds is 63. The van der Waals surface area contributed by atoms with Gasteiger partial charge in [-0.2, -0.15) is 0 Å². The second-order valence-electron chi connectivity index (χ2n) is 22.6. The van der Waals surface area contributed by atoms with Gasteiger partial charge in [0, 0.05) is 19.3 Å². The average Bonchev–Trinajstić information content (AvgIpc) is 3.55. The summed E-state index contributed by atoms with van der Waals surface area (Å²) in [6, 6.07) is 0. The molecule has 84 heavy (non-hydrogen) atoms. The van der Waals surface area contributed by atoms with Crippen molar-refractivity contribution >= 4 is 25.7 Å². The van der Waals surface area contributed by atoms with Crippen molar-refractivity contribution < 1.29 is 52.2 Å². The van der Waals surface area contributed by atoms with Gasteiger partial charge in [0.15, 0.2) is 6.10 Å². The molecule has 0 aliphatic carbocycles. The van der Waals surface area contributed by atoms with Crippen LogP contribution in [0.25, 0.3) is 0 Å². The van der Waals surface area contributed by atoms with Crippen LogP contribution in [-0.2, 0) is 42.2 Å². The fraction of sp³-hybridized carbons (Fsp3) is 0.736. The summed E-state index contributed by atoms with van der Waals surface area (Å²) in [6.07, 6.45) is 79.4. The van der Waals surface area contributed by atoms with E-state index < -0.39 is 57.8 Å². The molecule has 11 nitrogen and oxygen atoms in total. The van der Waals surface area contributed by atoms with E-state index >= 15 is 0 Å². The van der Waals surface area contributed by atoms with Gasteiger partial charge in [-0.25, -0.2) is 4.57 Å². The Morgan fingerprint density at radius 2 is 0.643 bits per heavy atom. The molecule has 0 fully saturated rings. The normalized spacial score (nSPS) is 13.8. The molecule has 0 saturated heterocycles. The third kappa shape index (κ3) is 62.9. The Bertz CT molecular complexity index is 1780. The number of hydrogen-bond acceptors (Lipinski definition) is 10. The number of phosphoric ester groups is 1. The molecule has 0 radical (unpaired) electrons. The second-order valence-corrected chi connectivity index (χ2v) is 24.1. The molecule has 0 heterocycles. The highest BCUT2D eigenvalue weighted by molar-refractivity contribution is 7.47. The Balaban J connectivity index is 4.75. The van der Waals surface area contributed by atoms with Crippen LogP contribution in [0.2, 0.25) is 0 Å². The van der Waals surface area contributed by atoms with Gasteiger partial charge in [-0.3, -0.25) is 23.4 Å². The highest BCUT2D eigenvalue weighted by Crippen LogP contribution is 2.43. The van der Waals surface area contributed by atoms with Crippen molar-refractivity contribution in [3.63, 3.8) is 0 Å². The minimum atomic E-state index is -4.78. The zero-order chi connectivity index (χ0) is 61.2. The van der Waals surface area contributed by atoms with Gasteiger partial charge in [0.2, 0.25) is 0 Å². The van der Waals surface area contributed by atoms with Crippen molar-refractivity contribution in [2.75, 3.05) is 26.4 Å². The molecule has 12 heteroatoms. The quantitative estimate of drug-likeness (QED) is 0.0197. The van der Waals surface area contributed by atoms with Crippen molar-refractivity contribution in [3.05, 3.63) is 97.2 Å². The van der Waals surface area contributed by atoms with Crippen LogP contribution >= 0.6 is 7.82 Å². The van der Waals surface area contributed by atoms with E-state index in [1.165, 1.54) is 154 Å². The number of esters is 3. The van der Waals surface area contributed by atoms with Gasteiger partial charge in [-0.15, -0.1) is 0 Å². The lowest BCUT2D eigenvalue weighted by Gasteiger charge is -2.21. The highest BCUT2D eigenvalue weighted by Gasteiger charge is 2.28. The summed E-state index contributed by atoms with van der Waals surface area (Å²) in [5.41, 5.74) is 0. The van der Waals surface area contributed by atoms with E-state index in [4.69, 9.17) is 23.3 Å². The Kier molecular flexibility index (Phi) is 62.6. The molecule has 0 bridgehead atoms. The van der Waals surface area contributed by atoms with Crippen LogP contribution in [-0.4, -0.2) is 66.5 Å². The predicted molar refractivity (Wildman–Crippen MR) is 353 cm³/mol. The van der Waals surface area contributed by atoms with Crippen molar-refractivity contribution in [2.45, 2.75) is 315 Å². The summed E-state index contributed by atoms with van der Waals surface area (Å²) in [4.78, 5) is 48.8. The zero-order valence-corrected chi connectivity index (χ0v) is 54.7. The Morgan fingerprint density at radius 3 is 1.02 bits per heavy atom. The molecule has 0 aromatic heterocycles. The molecular formula is C72H125O11P. The number of phosphoric acid groups is 1. The Hall–Kier alpha value is -3.60. The van der Waals surface area contributed by atoms with Gasteiger partial charge >= 0.3 is 25.7 Å². The maximum Gasteiger partial charge on any atom is 0.472 e.